The number of carbonyl (C=O) groups is 3. The van der Waals surface area contributed by atoms with Crippen LogP contribution in [-0.2, 0) is 28.6 Å². The molecule has 0 aliphatic heterocycles. The fourth-order valence-corrected chi connectivity index (χ4v) is 6.99. The third-order valence-electron chi connectivity index (χ3n) is 11.0. The first kappa shape index (κ1) is 62.8. The van der Waals surface area contributed by atoms with Gasteiger partial charge in [0.25, 0.3) is 0 Å². The van der Waals surface area contributed by atoms with Crippen molar-refractivity contribution >= 4 is 17.9 Å². The van der Waals surface area contributed by atoms with Crippen LogP contribution in [0.4, 0.5) is 0 Å². The van der Waals surface area contributed by atoms with Crippen LogP contribution in [0.1, 0.15) is 226 Å². The molecule has 1 atom stereocenters. The second kappa shape index (κ2) is 54.4. The first-order valence-electron chi connectivity index (χ1n) is 27.0. The SMILES string of the molecule is CC/C=C\C/C=C\C/C=C\C/C=C\C/C=C\C/C=C\CCC(=O)OCC(COC(=O)CCCCCCCCCCCCCCCC)OC(=O)CCCCC/C=C\C/C=C\C/C=C\C/C=C\CC. The minimum absolute atomic E-state index is 0.116. The van der Waals surface area contributed by atoms with Crippen LogP contribution in [0.25, 0.3) is 0 Å². The molecular weight excluding hydrogens is 829 g/mol. The Balaban J connectivity index is 4.57. The maximum atomic E-state index is 12.8. The number of esters is 3. The number of ether oxygens (including phenoxy) is 3. The van der Waals surface area contributed by atoms with Crippen LogP contribution in [0.5, 0.6) is 0 Å². The predicted octanol–water partition coefficient (Wildman–Crippen LogP) is 18.1. The van der Waals surface area contributed by atoms with Crippen molar-refractivity contribution in [2.75, 3.05) is 13.2 Å². The molecule has 0 rings (SSSR count). The second-order valence-electron chi connectivity index (χ2n) is 17.4. The summed E-state index contributed by atoms with van der Waals surface area (Å²) in [5, 5.41) is 0. The Morgan fingerprint density at radius 3 is 1.00 bits per heavy atom. The standard InChI is InChI=1S/C61H98O6/c1-4-7-10-13-16-19-22-25-28-30-31-32-34-36-39-42-45-48-51-54-60(63)66-57-58(56-65-59(62)53-50-47-44-41-38-35-27-24-21-18-15-12-9-6-3)67-61(64)55-52-49-46-43-40-37-33-29-26-23-20-17-14-11-8-5-2/h7-8,10-11,16-17,19-20,25-26,28-29,31-32,36-37,39-40,45,48,58H,4-6,9,12-15,18,21-24,27,30,33-35,38,41-44,46-47,49-57H2,1-3H3/b10-7-,11-8-,19-16-,20-17-,28-25-,29-26-,32-31-,39-36-,40-37-,48-45-. The van der Waals surface area contributed by atoms with Gasteiger partial charge >= 0.3 is 17.9 Å². The van der Waals surface area contributed by atoms with E-state index >= 15 is 0 Å². The molecule has 0 aromatic carbocycles. The molecule has 0 radical (unpaired) electrons. The van der Waals surface area contributed by atoms with Crippen molar-refractivity contribution in [3.05, 3.63) is 122 Å². The van der Waals surface area contributed by atoms with Crippen LogP contribution < -0.4 is 0 Å². The first-order valence-corrected chi connectivity index (χ1v) is 27.0. The highest BCUT2D eigenvalue weighted by molar-refractivity contribution is 5.71. The quantitative estimate of drug-likeness (QED) is 0.0262. The van der Waals surface area contributed by atoms with E-state index in [1.165, 1.54) is 70.6 Å². The summed E-state index contributed by atoms with van der Waals surface area (Å²) in [6.07, 6.45) is 74.8. The fraction of sp³-hybridized carbons (Fsp3) is 0.623. The smallest absolute Gasteiger partial charge is 0.306 e. The summed E-state index contributed by atoms with van der Waals surface area (Å²) < 4.78 is 16.7. The van der Waals surface area contributed by atoms with Gasteiger partial charge in [0.15, 0.2) is 6.10 Å². The van der Waals surface area contributed by atoms with Gasteiger partial charge in [0.1, 0.15) is 13.2 Å². The molecule has 378 valence electrons. The van der Waals surface area contributed by atoms with Crippen LogP contribution >= 0.6 is 0 Å². The van der Waals surface area contributed by atoms with Gasteiger partial charge in [-0.15, -0.1) is 0 Å². The van der Waals surface area contributed by atoms with Gasteiger partial charge in [-0.2, -0.15) is 0 Å². The second-order valence-corrected chi connectivity index (χ2v) is 17.4. The molecule has 0 N–H and O–H groups in total. The molecule has 6 nitrogen and oxygen atoms in total. The van der Waals surface area contributed by atoms with Crippen LogP contribution in [0.15, 0.2) is 122 Å². The molecule has 0 aromatic heterocycles. The Morgan fingerprint density at radius 2 is 0.612 bits per heavy atom. The third kappa shape index (κ3) is 52.6. The van der Waals surface area contributed by atoms with Crippen molar-refractivity contribution < 1.29 is 28.6 Å². The Kier molecular flexibility index (Phi) is 51.0. The van der Waals surface area contributed by atoms with Crippen molar-refractivity contribution in [2.45, 2.75) is 232 Å². The molecule has 0 bridgehead atoms. The molecular formula is C61H98O6. The van der Waals surface area contributed by atoms with E-state index in [0.29, 0.717) is 19.3 Å². The molecule has 0 amide bonds. The lowest BCUT2D eigenvalue weighted by Gasteiger charge is -2.18. The summed E-state index contributed by atoms with van der Waals surface area (Å²) in [6.45, 7) is 6.31. The highest BCUT2D eigenvalue weighted by atomic mass is 16.6. The Morgan fingerprint density at radius 1 is 0.313 bits per heavy atom. The summed E-state index contributed by atoms with van der Waals surface area (Å²) in [5.74, 6) is -1.04. The van der Waals surface area contributed by atoms with E-state index < -0.39 is 6.10 Å². The molecule has 0 spiro atoms. The highest BCUT2D eigenvalue weighted by Crippen LogP contribution is 2.14. The predicted molar refractivity (Wildman–Crippen MR) is 288 cm³/mol. The number of carbonyl (C=O) groups excluding carboxylic acids is 3. The van der Waals surface area contributed by atoms with Gasteiger partial charge in [-0.05, 0) is 96.3 Å². The van der Waals surface area contributed by atoms with Crippen molar-refractivity contribution in [1.29, 1.82) is 0 Å². The van der Waals surface area contributed by atoms with Gasteiger partial charge in [-0.25, -0.2) is 0 Å². The van der Waals surface area contributed by atoms with Gasteiger partial charge in [0.2, 0.25) is 0 Å². The zero-order chi connectivity index (χ0) is 48.6. The molecule has 0 saturated carbocycles. The van der Waals surface area contributed by atoms with Gasteiger partial charge in [-0.3, -0.25) is 14.4 Å². The van der Waals surface area contributed by atoms with Gasteiger partial charge in [-0.1, -0.05) is 232 Å². The summed E-state index contributed by atoms with van der Waals surface area (Å²) in [5.41, 5.74) is 0. The summed E-state index contributed by atoms with van der Waals surface area (Å²) in [4.78, 5) is 38.0. The van der Waals surface area contributed by atoms with Gasteiger partial charge in [0.05, 0.1) is 0 Å². The minimum Gasteiger partial charge on any atom is -0.462 e. The fourth-order valence-electron chi connectivity index (χ4n) is 6.99. The highest BCUT2D eigenvalue weighted by Gasteiger charge is 2.19. The van der Waals surface area contributed by atoms with E-state index in [1.807, 2.05) is 12.2 Å². The van der Waals surface area contributed by atoms with Crippen molar-refractivity contribution in [3.8, 4) is 0 Å². The molecule has 0 aliphatic rings. The van der Waals surface area contributed by atoms with E-state index in [-0.39, 0.29) is 44.0 Å². The van der Waals surface area contributed by atoms with Crippen molar-refractivity contribution in [1.82, 2.24) is 0 Å². The molecule has 0 fully saturated rings. The van der Waals surface area contributed by atoms with Gasteiger partial charge < -0.3 is 14.2 Å². The Labute approximate surface area is 412 Å². The number of unbranched alkanes of at least 4 members (excludes halogenated alkanes) is 16. The largest absolute Gasteiger partial charge is 0.462 e. The molecule has 0 aromatic rings. The first-order chi connectivity index (χ1) is 33.0. The average Bonchev–Trinajstić information content (AvgIpc) is 3.33. The lowest BCUT2D eigenvalue weighted by atomic mass is 10.0. The van der Waals surface area contributed by atoms with Crippen LogP contribution in [0.3, 0.4) is 0 Å². The monoisotopic (exact) mass is 927 g/mol. The zero-order valence-electron chi connectivity index (χ0n) is 43.1. The lowest BCUT2D eigenvalue weighted by Crippen LogP contribution is -2.30. The maximum Gasteiger partial charge on any atom is 0.306 e. The Bertz CT molecular complexity index is 1440. The van der Waals surface area contributed by atoms with E-state index in [9.17, 15) is 14.4 Å². The van der Waals surface area contributed by atoms with E-state index in [0.717, 1.165) is 103 Å². The van der Waals surface area contributed by atoms with Gasteiger partial charge in [0, 0.05) is 19.3 Å². The minimum atomic E-state index is -0.827. The number of allylic oxidation sites excluding steroid dienone is 20. The molecule has 1 unspecified atom stereocenters. The molecule has 0 heterocycles. The Hall–Kier alpha value is -4.19. The summed E-state index contributed by atoms with van der Waals surface area (Å²) in [7, 11) is 0. The normalized spacial score (nSPS) is 13.1. The molecule has 0 saturated heterocycles. The lowest BCUT2D eigenvalue weighted by molar-refractivity contribution is -0.166. The number of hydrogen-bond donors (Lipinski definition) is 0. The number of rotatable bonds is 47. The van der Waals surface area contributed by atoms with E-state index in [4.69, 9.17) is 14.2 Å². The summed E-state index contributed by atoms with van der Waals surface area (Å²) in [6, 6.07) is 0. The average molecular weight is 927 g/mol. The van der Waals surface area contributed by atoms with Crippen LogP contribution in [0, 0.1) is 0 Å². The van der Waals surface area contributed by atoms with E-state index in [2.05, 4.69) is 130 Å². The third-order valence-corrected chi connectivity index (χ3v) is 11.0. The van der Waals surface area contributed by atoms with Crippen molar-refractivity contribution in [3.63, 3.8) is 0 Å². The summed E-state index contributed by atoms with van der Waals surface area (Å²) >= 11 is 0. The topological polar surface area (TPSA) is 78.9 Å². The molecule has 6 heteroatoms. The number of hydrogen-bond acceptors (Lipinski definition) is 6. The maximum absolute atomic E-state index is 12.8. The van der Waals surface area contributed by atoms with Crippen LogP contribution in [0.2, 0.25) is 0 Å². The van der Waals surface area contributed by atoms with Crippen LogP contribution in [-0.4, -0.2) is 37.2 Å². The van der Waals surface area contributed by atoms with Crippen molar-refractivity contribution in [2.24, 2.45) is 0 Å². The molecule has 67 heavy (non-hydrogen) atoms. The molecule has 0 aliphatic carbocycles. The van der Waals surface area contributed by atoms with E-state index in [1.54, 1.807) is 0 Å². The zero-order valence-corrected chi connectivity index (χ0v) is 43.1.